The van der Waals surface area contributed by atoms with Crippen LogP contribution in [-0.4, -0.2) is 66.2 Å². The van der Waals surface area contributed by atoms with Crippen molar-refractivity contribution >= 4 is 8.58 Å². The summed E-state index contributed by atoms with van der Waals surface area (Å²) in [4.78, 5) is 0. The first-order chi connectivity index (χ1) is 7.85. The van der Waals surface area contributed by atoms with Crippen molar-refractivity contribution in [2.45, 2.75) is 12.1 Å². The lowest BCUT2D eigenvalue weighted by molar-refractivity contribution is 0.0540. The largest absolute Gasteiger partial charge is 0.382 e. The van der Waals surface area contributed by atoms with Crippen LogP contribution in [0, 0.1) is 0 Å². The van der Waals surface area contributed by atoms with Crippen molar-refractivity contribution in [2.75, 3.05) is 60.5 Å². The number of hydrogen-bond donors (Lipinski definition) is 0. The molecular formula is C11H25O4P. The van der Waals surface area contributed by atoms with Gasteiger partial charge in [-0.3, -0.25) is 0 Å². The number of methoxy groups -OCH3 is 2. The molecule has 0 saturated heterocycles. The Morgan fingerprint density at radius 2 is 1.50 bits per heavy atom. The molecule has 5 heteroatoms. The van der Waals surface area contributed by atoms with Gasteiger partial charge in [-0.1, -0.05) is 0 Å². The van der Waals surface area contributed by atoms with Gasteiger partial charge >= 0.3 is 0 Å². The van der Waals surface area contributed by atoms with Crippen molar-refractivity contribution in [2.24, 2.45) is 0 Å². The predicted molar refractivity (Wildman–Crippen MR) is 68.0 cm³/mol. The van der Waals surface area contributed by atoms with Crippen LogP contribution < -0.4 is 0 Å². The smallest absolute Gasteiger partial charge is 0.0700 e. The fourth-order valence-electron chi connectivity index (χ4n) is 1.15. The van der Waals surface area contributed by atoms with E-state index in [4.69, 9.17) is 18.9 Å². The standard InChI is InChI=1S/C11H25O4P/c1-12-6-8-14-5-4-11(16-3)10-15-9-7-13-2/h11,16H,4-10H2,1-3H3. The first-order valence-electron chi connectivity index (χ1n) is 5.65. The van der Waals surface area contributed by atoms with E-state index in [1.807, 2.05) is 0 Å². The van der Waals surface area contributed by atoms with Crippen LogP contribution in [0.2, 0.25) is 0 Å². The lowest BCUT2D eigenvalue weighted by atomic mass is 10.3. The molecule has 2 atom stereocenters. The molecule has 0 amide bonds. The molecule has 16 heavy (non-hydrogen) atoms. The van der Waals surface area contributed by atoms with Gasteiger partial charge in [-0.15, -0.1) is 8.58 Å². The summed E-state index contributed by atoms with van der Waals surface area (Å²) in [6, 6.07) is 0. The number of rotatable bonds is 12. The van der Waals surface area contributed by atoms with Crippen LogP contribution in [-0.2, 0) is 18.9 Å². The Labute approximate surface area is 101 Å². The second-order valence-electron chi connectivity index (χ2n) is 3.45. The summed E-state index contributed by atoms with van der Waals surface area (Å²) < 4.78 is 20.8. The summed E-state index contributed by atoms with van der Waals surface area (Å²) in [5.41, 5.74) is 0.611. The van der Waals surface area contributed by atoms with Crippen molar-refractivity contribution in [3.05, 3.63) is 0 Å². The van der Waals surface area contributed by atoms with Crippen LogP contribution in [0.3, 0.4) is 0 Å². The highest BCUT2D eigenvalue weighted by Gasteiger charge is 2.06. The van der Waals surface area contributed by atoms with E-state index in [-0.39, 0.29) is 0 Å². The van der Waals surface area contributed by atoms with E-state index in [1.165, 1.54) is 0 Å². The SMILES string of the molecule is COCCOCCC(COCCOC)PC. The van der Waals surface area contributed by atoms with E-state index in [1.54, 1.807) is 14.2 Å². The van der Waals surface area contributed by atoms with E-state index in [9.17, 15) is 0 Å². The third kappa shape index (κ3) is 10.8. The molecule has 98 valence electrons. The van der Waals surface area contributed by atoms with E-state index in [2.05, 4.69) is 6.66 Å². The predicted octanol–water partition coefficient (Wildman–Crippen LogP) is 1.38. The Morgan fingerprint density at radius 3 is 2.06 bits per heavy atom. The first-order valence-corrected chi connectivity index (χ1v) is 7.23. The average Bonchev–Trinajstić information content (AvgIpc) is 2.31. The molecule has 0 rings (SSSR count). The van der Waals surface area contributed by atoms with Gasteiger partial charge in [-0.2, -0.15) is 0 Å². The van der Waals surface area contributed by atoms with E-state index < -0.39 is 0 Å². The molecular weight excluding hydrogens is 227 g/mol. The van der Waals surface area contributed by atoms with Crippen LogP contribution in [0.5, 0.6) is 0 Å². The quantitative estimate of drug-likeness (QED) is 0.388. The number of ether oxygens (including phenoxy) is 4. The molecule has 0 heterocycles. The lowest BCUT2D eigenvalue weighted by Crippen LogP contribution is -2.16. The van der Waals surface area contributed by atoms with Crippen LogP contribution >= 0.6 is 8.58 Å². The van der Waals surface area contributed by atoms with E-state index >= 15 is 0 Å². The van der Waals surface area contributed by atoms with E-state index in [0.29, 0.717) is 32.1 Å². The number of hydrogen-bond acceptors (Lipinski definition) is 4. The van der Waals surface area contributed by atoms with Gasteiger partial charge in [0.1, 0.15) is 0 Å². The van der Waals surface area contributed by atoms with Crippen molar-refractivity contribution in [1.82, 2.24) is 0 Å². The maximum absolute atomic E-state index is 5.51. The highest BCUT2D eigenvalue weighted by Crippen LogP contribution is 2.17. The normalized spacial score (nSPS) is 13.7. The molecule has 0 aliphatic carbocycles. The topological polar surface area (TPSA) is 36.9 Å². The van der Waals surface area contributed by atoms with Gasteiger partial charge in [0.2, 0.25) is 0 Å². The summed E-state index contributed by atoms with van der Waals surface area (Å²) in [6.45, 7) is 6.52. The fourth-order valence-corrected chi connectivity index (χ4v) is 1.84. The molecule has 0 aromatic carbocycles. The Kier molecular flexibility index (Phi) is 13.6. The summed E-state index contributed by atoms with van der Waals surface area (Å²) in [7, 11) is 4.27. The maximum atomic E-state index is 5.51. The van der Waals surface area contributed by atoms with Crippen LogP contribution in [0.15, 0.2) is 0 Å². The zero-order valence-electron chi connectivity index (χ0n) is 10.7. The highest BCUT2D eigenvalue weighted by molar-refractivity contribution is 7.37. The zero-order chi connectivity index (χ0) is 12.1. The van der Waals surface area contributed by atoms with Gasteiger partial charge in [0.05, 0.1) is 33.0 Å². The Balaban J connectivity index is 3.29. The molecule has 2 unspecified atom stereocenters. The Hall–Kier alpha value is 0.270. The monoisotopic (exact) mass is 252 g/mol. The minimum Gasteiger partial charge on any atom is -0.382 e. The van der Waals surface area contributed by atoms with Gasteiger partial charge in [0, 0.05) is 26.5 Å². The molecule has 0 aromatic rings. The van der Waals surface area contributed by atoms with Gasteiger partial charge in [-0.05, 0) is 13.1 Å². The Morgan fingerprint density at radius 1 is 0.875 bits per heavy atom. The van der Waals surface area contributed by atoms with Gasteiger partial charge in [0.25, 0.3) is 0 Å². The van der Waals surface area contributed by atoms with Crippen molar-refractivity contribution in [3.8, 4) is 0 Å². The molecule has 0 bridgehead atoms. The summed E-state index contributed by atoms with van der Waals surface area (Å²) in [6.07, 6.45) is 1.06. The fraction of sp³-hybridized carbons (Fsp3) is 1.00. The first kappa shape index (κ1) is 16.3. The zero-order valence-corrected chi connectivity index (χ0v) is 11.7. The Bertz CT molecular complexity index is 135. The summed E-state index contributed by atoms with van der Waals surface area (Å²) in [5, 5.41) is 0. The molecule has 0 saturated carbocycles. The van der Waals surface area contributed by atoms with Gasteiger partial charge < -0.3 is 18.9 Å². The molecule has 0 spiro atoms. The van der Waals surface area contributed by atoms with E-state index in [0.717, 1.165) is 28.2 Å². The lowest BCUT2D eigenvalue weighted by Gasteiger charge is -2.15. The molecule has 0 radical (unpaired) electrons. The third-order valence-electron chi connectivity index (χ3n) is 2.20. The minimum absolute atomic E-state index is 0.611. The molecule has 0 fully saturated rings. The highest BCUT2D eigenvalue weighted by atomic mass is 31.1. The van der Waals surface area contributed by atoms with Crippen LogP contribution in [0.4, 0.5) is 0 Å². The molecule has 0 aromatic heterocycles. The summed E-state index contributed by atoms with van der Waals surface area (Å²) >= 11 is 0. The molecule has 0 N–H and O–H groups in total. The minimum atomic E-state index is 0.611. The third-order valence-corrected chi connectivity index (χ3v) is 3.47. The second-order valence-corrected chi connectivity index (χ2v) is 4.84. The maximum Gasteiger partial charge on any atom is 0.0700 e. The van der Waals surface area contributed by atoms with Crippen molar-refractivity contribution in [1.29, 1.82) is 0 Å². The van der Waals surface area contributed by atoms with Crippen LogP contribution in [0.25, 0.3) is 0 Å². The average molecular weight is 252 g/mol. The van der Waals surface area contributed by atoms with Gasteiger partial charge in [0.15, 0.2) is 0 Å². The van der Waals surface area contributed by atoms with Crippen LogP contribution in [0.1, 0.15) is 6.42 Å². The summed E-state index contributed by atoms with van der Waals surface area (Å²) in [5.74, 6) is 0. The van der Waals surface area contributed by atoms with Crippen molar-refractivity contribution < 1.29 is 18.9 Å². The molecule has 4 nitrogen and oxygen atoms in total. The van der Waals surface area contributed by atoms with Crippen molar-refractivity contribution in [3.63, 3.8) is 0 Å². The van der Waals surface area contributed by atoms with Gasteiger partial charge in [-0.25, -0.2) is 0 Å². The molecule has 0 aliphatic heterocycles. The molecule has 0 aliphatic rings. The second kappa shape index (κ2) is 13.3.